The van der Waals surface area contributed by atoms with Crippen LogP contribution in [0, 0.1) is 11.3 Å². The van der Waals surface area contributed by atoms with Gasteiger partial charge in [-0.25, -0.2) is 9.37 Å². The minimum Gasteiger partial charge on any atom is -0.496 e. The molecule has 204 valence electrons. The largest absolute Gasteiger partial charge is 0.496 e. The Morgan fingerprint density at radius 2 is 1.89 bits per heavy atom. The zero-order valence-corrected chi connectivity index (χ0v) is 22.9. The number of Topliss-reactive ketones (excluding diaryl/α,β-unsaturated/α-hetero) is 1. The van der Waals surface area contributed by atoms with Gasteiger partial charge in [0.2, 0.25) is 0 Å². The van der Waals surface area contributed by atoms with E-state index in [4.69, 9.17) is 20.2 Å². The molecule has 0 spiro atoms. The Morgan fingerprint density at radius 3 is 2.53 bits per heavy atom. The van der Waals surface area contributed by atoms with Crippen LogP contribution < -0.4 is 10.5 Å². The first-order valence-electron chi connectivity index (χ1n) is 13.5. The summed E-state index contributed by atoms with van der Waals surface area (Å²) in [5.41, 5.74) is 8.04. The minimum absolute atomic E-state index is 0.0410. The maximum absolute atomic E-state index is 14.9. The molecule has 0 amide bonds. The Bertz CT molecular complexity index is 1200. The highest BCUT2D eigenvalue weighted by Gasteiger charge is 2.44. The van der Waals surface area contributed by atoms with Crippen molar-refractivity contribution in [1.82, 2.24) is 9.55 Å². The predicted octanol–water partition coefficient (Wildman–Crippen LogP) is 5.79. The van der Waals surface area contributed by atoms with Crippen LogP contribution in [0.4, 0.5) is 4.39 Å². The van der Waals surface area contributed by atoms with Gasteiger partial charge < -0.3 is 19.8 Å². The van der Waals surface area contributed by atoms with Gasteiger partial charge in [-0.15, -0.1) is 0 Å². The van der Waals surface area contributed by atoms with Crippen LogP contribution in [0.5, 0.6) is 5.75 Å². The summed E-state index contributed by atoms with van der Waals surface area (Å²) in [6.07, 6.45) is 1.75. The number of aromatic nitrogens is 2. The molecule has 2 heterocycles. The van der Waals surface area contributed by atoms with Gasteiger partial charge in [0.05, 0.1) is 12.8 Å². The van der Waals surface area contributed by atoms with Crippen molar-refractivity contribution in [2.45, 2.75) is 64.8 Å². The van der Waals surface area contributed by atoms with Crippen molar-refractivity contribution >= 4 is 5.78 Å². The quantitative estimate of drug-likeness (QED) is 0.346. The van der Waals surface area contributed by atoms with Crippen LogP contribution in [0.15, 0.2) is 60.8 Å². The van der Waals surface area contributed by atoms with Gasteiger partial charge in [0.25, 0.3) is 0 Å². The maximum Gasteiger partial charge on any atom is 0.165 e. The highest BCUT2D eigenvalue weighted by molar-refractivity contribution is 5.86. The molecule has 2 N–H and O–H groups in total. The number of nitrogens with two attached hydrogens (primary N) is 1. The first-order valence-corrected chi connectivity index (χ1v) is 13.5. The van der Waals surface area contributed by atoms with E-state index in [2.05, 4.69) is 37.5 Å². The van der Waals surface area contributed by atoms with Crippen molar-refractivity contribution in [2.75, 3.05) is 20.3 Å². The third kappa shape index (κ3) is 6.33. The van der Waals surface area contributed by atoms with Gasteiger partial charge in [-0.1, -0.05) is 63.2 Å². The molecule has 0 aliphatic carbocycles. The highest BCUT2D eigenvalue weighted by atomic mass is 19.1. The number of hydrogen-bond donors (Lipinski definition) is 1. The number of benzene rings is 2. The summed E-state index contributed by atoms with van der Waals surface area (Å²) in [5, 5.41) is 0. The van der Waals surface area contributed by atoms with Gasteiger partial charge in [-0.3, -0.25) is 4.79 Å². The lowest BCUT2D eigenvalue weighted by Crippen LogP contribution is -2.40. The number of ketones is 1. The first-order chi connectivity index (χ1) is 18.2. The van der Waals surface area contributed by atoms with Crippen LogP contribution in [-0.4, -0.2) is 47.9 Å². The predicted molar refractivity (Wildman–Crippen MR) is 148 cm³/mol. The van der Waals surface area contributed by atoms with Gasteiger partial charge >= 0.3 is 0 Å². The van der Waals surface area contributed by atoms with Gasteiger partial charge in [-0.05, 0) is 42.4 Å². The SMILES string of the molecule is COc1ccccc1-c1cn(Cc2ccccc2)c(C([C@@H](C[C@H](F)CN)C(=O)[C@@H]2CCCO2)C(C)(C)C)n1. The fourth-order valence-corrected chi connectivity index (χ4v) is 5.57. The van der Waals surface area contributed by atoms with E-state index in [0.29, 0.717) is 19.6 Å². The number of para-hydroxylation sites is 1. The van der Waals surface area contributed by atoms with E-state index in [1.807, 2.05) is 48.7 Å². The molecule has 1 aromatic heterocycles. The smallest absolute Gasteiger partial charge is 0.165 e. The molecule has 1 aliphatic heterocycles. The van der Waals surface area contributed by atoms with E-state index < -0.39 is 23.6 Å². The lowest BCUT2D eigenvalue weighted by molar-refractivity contribution is -0.134. The Balaban J connectivity index is 1.87. The number of ether oxygens (including phenoxy) is 2. The monoisotopic (exact) mass is 521 g/mol. The third-order valence-corrected chi connectivity index (χ3v) is 7.38. The van der Waals surface area contributed by atoms with Crippen molar-refractivity contribution in [2.24, 2.45) is 17.1 Å². The number of rotatable bonds is 11. The summed E-state index contributed by atoms with van der Waals surface area (Å²) < 4.78 is 28.5. The molecule has 1 fully saturated rings. The summed E-state index contributed by atoms with van der Waals surface area (Å²) in [4.78, 5) is 19.1. The summed E-state index contributed by atoms with van der Waals surface area (Å²) in [6.45, 7) is 7.27. The van der Waals surface area contributed by atoms with Gasteiger partial charge in [0.1, 0.15) is 23.8 Å². The van der Waals surface area contributed by atoms with E-state index in [-0.39, 0.29) is 24.7 Å². The average molecular weight is 522 g/mol. The number of carbonyl (C=O) groups is 1. The molecule has 0 saturated carbocycles. The molecule has 1 saturated heterocycles. The van der Waals surface area contributed by atoms with E-state index in [1.165, 1.54) is 0 Å². The minimum atomic E-state index is -1.29. The molecule has 38 heavy (non-hydrogen) atoms. The standard InChI is InChI=1S/C31H40FN3O3/c1-31(2,3)28(24(17-22(32)18-33)29(36)27-15-10-16-38-27)30-34-25(23-13-8-9-14-26(23)37-4)20-35(30)19-21-11-6-5-7-12-21/h5-9,11-14,20,22,24,27-28H,10,15-19,33H2,1-4H3/t22-,24+,27-,28?/m0/s1. The van der Waals surface area contributed by atoms with Crippen molar-refractivity contribution in [3.05, 3.63) is 72.2 Å². The molecular formula is C31H40FN3O3. The maximum atomic E-state index is 14.9. The molecule has 0 bridgehead atoms. The summed E-state index contributed by atoms with van der Waals surface area (Å²) in [7, 11) is 1.64. The van der Waals surface area contributed by atoms with Crippen LogP contribution in [0.25, 0.3) is 11.3 Å². The number of hydrogen-bond acceptors (Lipinski definition) is 5. The van der Waals surface area contributed by atoms with Crippen molar-refractivity contribution in [3.63, 3.8) is 0 Å². The summed E-state index contributed by atoms with van der Waals surface area (Å²) in [5.74, 6) is 0.430. The molecule has 3 aromatic rings. The third-order valence-electron chi connectivity index (χ3n) is 7.38. The van der Waals surface area contributed by atoms with Crippen LogP contribution >= 0.6 is 0 Å². The molecule has 4 rings (SSSR count). The fourth-order valence-electron chi connectivity index (χ4n) is 5.57. The molecule has 7 heteroatoms. The molecular weight excluding hydrogens is 481 g/mol. The highest BCUT2D eigenvalue weighted by Crippen LogP contribution is 2.45. The fraction of sp³-hybridized carbons (Fsp3) is 0.484. The second kappa shape index (κ2) is 12.2. The van der Waals surface area contributed by atoms with Crippen LogP contribution in [-0.2, 0) is 16.1 Å². The van der Waals surface area contributed by atoms with Crippen molar-refractivity contribution in [3.8, 4) is 17.0 Å². The number of imidazole rings is 1. The average Bonchev–Trinajstić information content (AvgIpc) is 3.58. The lowest BCUT2D eigenvalue weighted by atomic mass is 9.68. The van der Waals surface area contributed by atoms with E-state index >= 15 is 0 Å². The molecule has 4 atom stereocenters. The number of nitrogens with zero attached hydrogens (tertiary/aromatic N) is 2. The Kier molecular flexibility index (Phi) is 9.00. The zero-order chi connectivity index (χ0) is 27.3. The molecule has 2 aromatic carbocycles. The van der Waals surface area contributed by atoms with E-state index in [9.17, 15) is 9.18 Å². The molecule has 1 aliphatic rings. The van der Waals surface area contributed by atoms with Crippen molar-refractivity contribution < 1.29 is 18.7 Å². The van der Waals surface area contributed by atoms with Crippen molar-refractivity contribution in [1.29, 1.82) is 0 Å². The molecule has 0 radical (unpaired) electrons. The Morgan fingerprint density at radius 1 is 1.18 bits per heavy atom. The number of halogens is 1. The van der Waals surface area contributed by atoms with Gasteiger partial charge in [0, 0.05) is 43.3 Å². The number of carbonyl (C=O) groups excluding carboxylic acids is 1. The number of methoxy groups -OCH3 is 1. The van der Waals surface area contributed by atoms with E-state index in [1.54, 1.807) is 7.11 Å². The zero-order valence-electron chi connectivity index (χ0n) is 22.9. The van der Waals surface area contributed by atoms with Crippen LogP contribution in [0.1, 0.15) is 57.3 Å². The summed E-state index contributed by atoms with van der Waals surface area (Å²) in [6, 6.07) is 17.9. The normalized spacial score (nSPS) is 18.2. The number of alkyl halides is 1. The first kappa shape index (κ1) is 28.0. The Labute approximate surface area is 225 Å². The molecule has 1 unspecified atom stereocenters. The van der Waals surface area contributed by atoms with E-state index in [0.717, 1.165) is 34.8 Å². The molecule has 6 nitrogen and oxygen atoms in total. The lowest BCUT2D eigenvalue weighted by Gasteiger charge is -2.37. The topological polar surface area (TPSA) is 79.4 Å². The van der Waals surface area contributed by atoms with Crippen LogP contribution in [0.3, 0.4) is 0 Å². The second-order valence-electron chi connectivity index (χ2n) is 11.2. The Hall–Kier alpha value is -3.03. The second-order valence-corrected chi connectivity index (χ2v) is 11.2. The van der Waals surface area contributed by atoms with Gasteiger partial charge in [-0.2, -0.15) is 0 Å². The summed E-state index contributed by atoms with van der Waals surface area (Å²) >= 11 is 0. The van der Waals surface area contributed by atoms with Gasteiger partial charge in [0.15, 0.2) is 5.78 Å². The van der Waals surface area contributed by atoms with Crippen LogP contribution in [0.2, 0.25) is 0 Å².